The third kappa shape index (κ3) is 2.01. The van der Waals surface area contributed by atoms with E-state index in [1.165, 1.54) is 0 Å². The number of nitrogens with two attached hydrogens (primary N) is 1. The number of hydrogen-bond donors (Lipinski definition) is 2. The third-order valence-corrected chi connectivity index (χ3v) is 2.51. The Morgan fingerprint density at radius 1 is 1.46 bits per heavy atom. The van der Waals surface area contributed by atoms with Crippen LogP contribution in [0.2, 0.25) is 0 Å². The molecular formula is C11H17NO. The summed E-state index contributed by atoms with van der Waals surface area (Å²) in [6.07, 6.45) is 1.03. The minimum atomic E-state index is 0.374. The van der Waals surface area contributed by atoms with E-state index in [2.05, 4.69) is 13.8 Å². The molecular weight excluding hydrogens is 162 g/mol. The molecule has 0 spiro atoms. The fraction of sp³-hybridized carbons (Fsp3) is 0.455. The molecule has 0 aliphatic rings. The fourth-order valence-corrected chi connectivity index (χ4v) is 1.39. The van der Waals surface area contributed by atoms with Crippen LogP contribution in [0.5, 0.6) is 5.75 Å². The van der Waals surface area contributed by atoms with Crippen LogP contribution in [-0.2, 0) is 6.54 Å². The largest absolute Gasteiger partial charge is 0.507 e. The molecule has 0 aliphatic heterocycles. The van der Waals surface area contributed by atoms with Gasteiger partial charge in [-0.25, -0.2) is 0 Å². The number of aromatic hydroxyl groups is 1. The molecule has 0 heterocycles. The molecule has 13 heavy (non-hydrogen) atoms. The summed E-state index contributed by atoms with van der Waals surface area (Å²) >= 11 is 0. The highest BCUT2D eigenvalue weighted by Gasteiger charge is 2.10. The Bertz CT molecular complexity index is 283. The molecule has 1 rings (SSSR count). The van der Waals surface area contributed by atoms with E-state index in [9.17, 15) is 5.11 Å². The Kier molecular flexibility index (Phi) is 3.32. The Labute approximate surface area is 79.4 Å². The van der Waals surface area contributed by atoms with E-state index in [1.807, 2.05) is 18.2 Å². The molecule has 2 heteroatoms. The molecule has 1 aromatic carbocycles. The van der Waals surface area contributed by atoms with E-state index in [4.69, 9.17) is 5.73 Å². The summed E-state index contributed by atoms with van der Waals surface area (Å²) in [5.74, 6) is 0.769. The Hall–Kier alpha value is -1.02. The van der Waals surface area contributed by atoms with Crippen LogP contribution < -0.4 is 5.73 Å². The van der Waals surface area contributed by atoms with Crippen molar-refractivity contribution in [3.05, 3.63) is 29.3 Å². The first-order valence-electron chi connectivity index (χ1n) is 4.71. The van der Waals surface area contributed by atoms with Gasteiger partial charge in [-0.1, -0.05) is 32.0 Å². The van der Waals surface area contributed by atoms with Gasteiger partial charge in [0, 0.05) is 12.1 Å². The minimum absolute atomic E-state index is 0.374. The van der Waals surface area contributed by atoms with Gasteiger partial charge < -0.3 is 10.8 Å². The minimum Gasteiger partial charge on any atom is -0.507 e. The van der Waals surface area contributed by atoms with Crippen molar-refractivity contribution in [2.24, 2.45) is 5.73 Å². The van der Waals surface area contributed by atoms with E-state index >= 15 is 0 Å². The first-order valence-corrected chi connectivity index (χ1v) is 4.71. The lowest BCUT2D eigenvalue weighted by atomic mass is 9.95. The average molecular weight is 179 g/mol. The normalized spacial score (nSPS) is 12.8. The zero-order valence-electron chi connectivity index (χ0n) is 8.25. The zero-order chi connectivity index (χ0) is 9.84. The van der Waals surface area contributed by atoms with Gasteiger partial charge in [-0.15, -0.1) is 0 Å². The van der Waals surface area contributed by atoms with Crippen LogP contribution in [0.15, 0.2) is 18.2 Å². The van der Waals surface area contributed by atoms with Gasteiger partial charge in [0.2, 0.25) is 0 Å². The number of phenolic OH excluding ortho intramolecular Hbond substituents is 1. The Balaban J connectivity index is 3.08. The van der Waals surface area contributed by atoms with Crippen LogP contribution >= 0.6 is 0 Å². The van der Waals surface area contributed by atoms with Crippen molar-refractivity contribution in [2.45, 2.75) is 32.7 Å². The van der Waals surface area contributed by atoms with Crippen LogP contribution in [0.3, 0.4) is 0 Å². The van der Waals surface area contributed by atoms with Gasteiger partial charge in [-0.05, 0) is 17.9 Å². The molecule has 0 bridgehead atoms. The zero-order valence-corrected chi connectivity index (χ0v) is 8.25. The maximum atomic E-state index is 9.81. The van der Waals surface area contributed by atoms with Crippen LogP contribution in [0, 0.1) is 0 Å². The van der Waals surface area contributed by atoms with E-state index < -0.39 is 0 Å². The predicted molar refractivity (Wildman–Crippen MR) is 54.7 cm³/mol. The summed E-state index contributed by atoms with van der Waals surface area (Å²) in [6, 6.07) is 5.77. The van der Waals surface area contributed by atoms with Gasteiger partial charge in [0.05, 0.1) is 0 Å². The van der Waals surface area contributed by atoms with Gasteiger partial charge in [0.25, 0.3) is 0 Å². The van der Waals surface area contributed by atoms with Gasteiger partial charge in [0.15, 0.2) is 0 Å². The fourth-order valence-electron chi connectivity index (χ4n) is 1.39. The summed E-state index contributed by atoms with van der Waals surface area (Å²) in [6.45, 7) is 4.62. The third-order valence-electron chi connectivity index (χ3n) is 2.51. The molecule has 2 nitrogen and oxygen atoms in total. The highest BCUT2D eigenvalue weighted by atomic mass is 16.3. The second-order valence-electron chi connectivity index (χ2n) is 3.37. The van der Waals surface area contributed by atoms with Crippen molar-refractivity contribution in [2.75, 3.05) is 0 Å². The Morgan fingerprint density at radius 3 is 2.69 bits per heavy atom. The smallest absolute Gasteiger partial charge is 0.123 e. The van der Waals surface area contributed by atoms with Crippen molar-refractivity contribution >= 4 is 0 Å². The molecule has 0 saturated heterocycles. The molecule has 0 aromatic heterocycles. The van der Waals surface area contributed by atoms with Crippen molar-refractivity contribution in [1.82, 2.24) is 0 Å². The van der Waals surface area contributed by atoms with Gasteiger partial charge in [0.1, 0.15) is 5.75 Å². The number of benzene rings is 1. The van der Waals surface area contributed by atoms with Gasteiger partial charge >= 0.3 is 0 Å². The molecule has 72 valence electrons. The average Bonchev–Trinajstić information content (AvgIpc) is 2.17. The molecule has 0 saturated carbocycles. The second-order valence-corrected chi connectivity index (χ2v) is 3.37. The maximum Gasteiger partial charge on any atom is 0.123 e. The molecule has 3 N–H and O–H groups in total. The molecule has 1 unspecified atom stereocenters. The van der Waals surface area contributed by atoms with Crippen molar-refractivity contribution in [1.29, 1.82) is 0 Å². The van der Waals surface area contributed by atoms with Crippen molar-refractivity contribution in [3.8, 4) is 5.75 Å². The lowest BCUT2D eigenvalue weighted by Crippen LogP contribution is -2.00. The van der Waals surface area contributed by atoms with E-state index in [0.29, 0.717) is 18.2 Å². The Morgan fingerprint density at radius 2 is 2.15 bits per heavy atom. The number of phenols is 1. The number of hydrogen-bond acceptors (Lipinski definition) is 2. The predicted octanol–water partition coefficient (Wildman–Crippen LogP) is 2.36. The molecule has 0 radical (unpaired) electrons. The summed E-state index contributed by atoms with van der Waals surface area (Å²) < 4.78 is 0. The van der Waals surface area contributed by atoms with Crippen LogP contribution in [0.4, 0.5) is 0 Å². The standard InChI is InChI=1S/C11H17NO/c1-3-8(2)10-6-4-5-9(7-12)11(10)13/h4-6,8,13H,3,7,12H2,1-2H3. The second kappa shape index (κ2) is 4.28. The van der Waals surface area contributed by atoms with Crippen molar-refractivity contribution < 1.29 is 5.11 Å². The molecule has 0 amide bonds. The lowest BCUT2D eigenvalue weighted by molar-refractivity contribution is 0.455. The SMILES string of the molecule is CCC(C)c1cccc(CN)c1O. The van der Waals surface area contributed by atoms with E-state index in [1.54, 1.807) is 0 Å². The van der Waals surface area contributed by atoms with Crippen LogP contribution in [-0.4, -0.2) is 5.11 Å². The molecule has 1 aromatic rings. The highest BCUT2D eigenvalue weighted by molar-refractivity contribution is 5.42. The first-order chi connectivity index (χ1) is 6.20. The van der Waals surface area contributed by atoms with Crippen LogP contribution in [0.1, 0.15) is 37.3 Å². The van der Waals surface area contributed by atoms with Gasteiger partial charge in [-0.2, -0.15) is 0 Å². The van der Waals surface area contributed by atoms with Crippen LogP contribution in [0.25, 0.3) is 0 Å². The van der Waals surface area contributed by atoms with Crippen molar-refractivity contribution in [3.63, 3.8) is 0 Å². The summed E-state index contributed by atoms with van der Waals surface area (Å²) in [4.78, 5) is 0. The van der Waals surface area contributed by atoms with E-state index in [0.717, 1.165) is 17.5 Å². The van der Waals surface area contributed by atoms with E-state index in [-0.39, 0.29) is 0 Å². The lowest BCUT2D eigenvalue weighted by Gasteiger charge is -2.13. The number of rotatable bonds is 3. The molecule has 1 atom stereocenters. The maximum absolute atomic E-state index is 9.81. The monoisotopic (exact) mass is 179 g/mol. The first kappa shape index (κ1) is 10.1. The molecule has 0 aliphatic carbocycles. The topological polar surface area (TPSA) is 46.2 Å². The summed E-state index contributed by atoms with van der Waals surface area (Å²) in [5, 5.41) is 9.81. The number of para-hydroxylation sites is 1. The van der Waals surface area contributed by atoms with Gasteiger partial charge in [-0.3, -0.25) is 0 Å². The summed E-state index contributed by atoms with van der Waals surface area (Å²) in [7, 11) is 0. The highest BCUT2D eigenvalue weighted by Crippen LogP contribution is 2.30. The molecule has 0 fully saturated rings. The quantitative estimate of drug-likeness (QED) is 0.748. The summed E-state index contributed by atoms with van der Waals surface area (Å²) in [5.41, 5.74) is 7.34.